The lowest BCUT2D eigenvalue weighted by Gasteiger charge is -2.36. The van der Waals surface area contributed by atoms with Crippen LogP contribution >= 0.6 is 0 Å². The number of nitrogens with two attached hydrogens (primary N) is 1. The summed E-state index contributed by atoms with van der Waals surface area (Å²) in [5.74, 6) is -0.118. The summed E-state index contributed by atoms with van der Waals surface area (Å²) in [4.78, 5) is 16.7. The van der Waals surface area contributed by atoms with Crippen LogP contribution in [0.3, 0.4) is 0 Å². The zero-order chi connectivity index (χ0) is 14.8. The Morgan fingerprint density at radius 2 is 2.14 bits per heavy atom. The van der Waals surface area contributed by atoms with Gasteiger partial charge in [0.25, 0.3) is 5.91 Å². The van der Waals surface area contributed by atoms with E-state index in [0.717, 1.165) is 32.5 Å². The normalized spacial score (nSPS) is 25.9. The monoisotopic (exact) mass is 291 g/mol. The highest BCUT2D eigenvalue weighted by Gasteiger charge is 2.40. The molecule has 0 aliphatic carbocycles. The van der Waals surface area contributed by atoms with Gasteiger partial charge in [0.15, 0.2) is 0 Å². The van der Waals surface area contributed by atoms with Crippen molar-refractivity contribution >= 4 is 5.91 Å². The largest absolute Gasteiger partial charge is 0.337 e. The van der Waals surface area contributed by atoms with Gasteiger partial charge in [0.2, 0.25) is 0 Å². The summed E-state index contributed by atoms with van der Waals surface area (Å²) in [5, 5.41) is 0. The van der Waals surface area contributed by atoms with Gasteiger partial charge in [0.05, 0.1) is 5.56 Å². The second-order valence-corrected chi connectivity index (χ2v) is 5.98. The fourth-order valence-electron chi connectivity index (χ4n) is 3.69. The smallest absolute Gasteiger partial charge is 0.256 e. The van der Waals surface area contributed by atoms with Gasteiger partial charge in [-0.05, 0) is 37.4 Å². The first-order chi connectivity index (χ1) is 10.2. The molecule has 0 aromatic heterocycles. The SMILES string of the molecule is NCCN1CCCC2CN(C(=O)c3ccccc3F)CC21. The Balaban J connectivity index is 1.74. The first-order valence-corrected chi connectivity index (χ1v) is 7.68. The van der Waals surface area contributed by atoms with Crippen molar-refractivity contribution in [3.63, 3.8) is 0 Å². The number of halogens is 1. The Morgan fingerprint density at radius 3 is 2.90 bits per heavy atom. The number of benzene rings is 1. The number of fused-ring (bicyclic) bond motifs is 1. The van der Waals surface area contributed by atoms with Crippen LogP contribution in [0.25, 0.3) is 0 Å². The van der Waals surface area contributed by atoms with E-state index in [1.165, 1.54) is 6.07 Å². The van der Waals surface area contributed by atoms with Gasteiger partial charge < -0.3 is 10.6 Å². The molecule has 0 saturated carbocycles. The van der Waals surface area contributed by atoms with Crippen LogP contribution in [0.4, 0.5) is 4.39 Å². The number of amides is 1. The fourth-order valence-corrected chi connectivity index (χ4v) is 3.69. The number of carbonyl (C=O) groups is 1. The number of nitrogens with zero attached hydrogens (tertiary/aromatic N) is 2. The molecule has 5 heteroatoms. The van der Waals surface area contributed by atoms with Gasteiger partial charge in [-0.15, -0.1) is 0 Å². The highest BCUT2D eigenvalue weighted by atomic mass is 19.1. The standard InChI is InChI=1S/C16H22FN3O/c17-14-6-2-1-5-13(14)16(21)20-10-12-4-3-8-19(9-7-18)15(12)11-20/h1-2,5-6,12,15H,3-4,7-11,18H2. The van der Waals surface area contributed by atoms with Crippen LogP contribution in [0, 0.1) is 11.7 Å². The predicted molar refractivity (Wildman–Crippen MR) is 79.4 cm³/mol. The molecule has 2 aliphatic rings. The number of carbonyl (C=O) groups excluding carboxylic acids is 1. The third kappa shape index (κ3) is 2.80. The molecule has 2 unspecified atom stereocenters. The molecule has 2 aliphatic heterocycles. The third-order valence-electron chi connectivity index (χ3n) is 4.70. The average molecular weight is 291 g/mol. The van der Waals surface area contributed by atoms with Gasteiger partial charge in [-0.3, -0.25) is 9.69 Å². The molecule has 2 fully saturated rings. The van der Waals surface area contributed by atoms with Crippen molar-refractivity contribution in [1.82, 2.24) is 9.80 Å². The number of hydrogen-bond donors (Lipinski definition) is 1. The molecule has 3 rings (SSSR count). The van der Waals surface area contributed by atoms with E-state index in [-0.39, 0.29) is 11.5 Å². The van der Waals surface area contributed by atoms with Crippen LogP contribution in [0.1, 0.15) is 23.2 Å². The second kappa shape index (κ2) is 6.12. The Hall–Kier alpha value is -1.46. The average Bonchev–Trinajstić information content (AvgIpc) is 2.92. The highest BCUT2D eigenvalue weighted by molar-refractivity contribution is 5.94. The van der Waals surface area contributed by atoms with E-state index in [9.17, 15) is 9.18 Å². The summed E-state index contributed by atoms with van der Waals surface area (Å²) >= 11 is 0. The van der Waals surface area contributed by atoms with Crippen molar-refractivity contribution in [2.75, 3.05) is 32.7 Å². The number of hydrogen-bond acceptors (Lipinski definition) is 3. The lowest BCUT2D eigenvalue weighted by molar-refractivity contribution is 0.0772. The number of likely N-dealkylation sites (tertiary alicyclic amines) is 2. The molecule has 21 heavy (non-hydrogen) atoms. The summed E-state index contributed by atoms with van der Waals surface area (Å²) in [6.07, 6.45) is 2.30. The molecule has 114 valence electrons. The zero-order valence-corrected chi connectivity index (χ0v) is 12.2. The van der Waals surface area contributed by atoms with Crippen LogP contribution in [-0.4, -0.2) is 54.5 Å². The molecule has 0 radical (unpaired) electrons. The maximum Gasteiger partial charge on any atom is 0.256 e. The summed E-state index contributed by atoms with van der Waals surface area (Å²) in [6.45, 7) is 4.00. The van der Waals surface area contributed by atoms with Crippen molar-refractivity contribution < 1.29 is 9.18 Å². The maximum absolute atomic E-state index is 13.8. The minimum atomic E-state index is -0.434. The Labute approximate surface area is 124 Å². The summed E-state index contributed by atoms with van der Waals surface area (Å²) < 4.78 is 13.8. The molecule has 2 atom stereocenters. The first-order valence-electron chi connectivity index (χ1n) is 7.68. The van der Waals surface area contributed by atoms with E-state index in [0.29, 0.717) is 25.0 Å². The molecule has 1 aromatic rings. The second-order valence-electron chi connectivity index (χ2n) is 5.98. The zero-order valence-electron chi connectivity index (χ0n) is 12.2. The third-order valence-corrected chi connectivity index (χ3v) is 4.70. The van der Waals surface area contributed by atoms with Gasteiger partial charge in [-0.1, -0.05) is 12.1 Å². The van der Waals surface area contributed by atoms with Crippen LogP contribution in [0.15, 0.2) is 24.3 Å². The minimum Gasteiger partial charge on any atom is -0.337 e. The molecule has 1 aromatic carbocycles. The van der Waals surface area contributed by atoms with Crippen LogP contribution in [-0.2, 0) is 0 Å². The van der Waals surface area contributed by atoms with E-state index in [2.05, 4.69) is 4.90 Å². The lowest BCUT2D eigenvalue weighted by Crippen LogP contribution is -2.47. The highest BCUT2D eigenvalue weighted by Crippen LogP contribution is 2.31. The Morgan fingerprint density at radius 1 is 1.33 bits per heavy atom. The number of piperidine rings is 1. The topological polar surface area (TPSA) is 49.6 Å². The van der Waals surface area contributed by atoms with E-state index in [1.807, 2.05) is 4.90 Å². The molecule has 2 N–H and O–H groups in total. The predicted octanol–water partition coefficient (Wildman–Crippen LogP) is 1.32. The molecule has 1 amide bonds. The summed E-state index contributed by atoms with van der Waals surface area (Å²) in [7, 11) is 0. The van der Waals surface area contributed by atoms with Gasteiger partial charge >= 0.3 is 0 Å². The van der Waals surface area contributed by atoms with Crippen molar-refractivity contribution in [3.8, 4) is 0 Å². The van der Waals surface area contributed by atoms with Gasteiger partial charge in [0.1, 0.15) is 5.82 Å². The van der Waals surface area contributed by atoms with Crippen molar-refractivity contribution in [3.05, 3.63) is 35.6 Å². The van der Waals surface area contributed by atoms with Crippen molar-refractivity contribution in [2.24, 2.45) is 11.7 Å². The van der Waals surface area contributed by atoms with E-state index in [4.69, 9.17) is 5.73 Å². The number of rotatable bonds is 3. The Kier molecular flexibility index (Phi) is 4.22. The molecule has 4 nitrogen and oxygen atoms in total. The van der Waals surface area contributed by atoms with Gasteiger partial charge in [0, 0.05) is 32.2 Å². The molecule has 2 heterocycles. The summed E-state index contributed by atoms with van der Waals surface area (Å²) in [5.41, 5.74) is 5.86. The van der Waals surface area contributed by atoms with E-state index in [1.54, 1.807) is 18.2 Å². The van der Waals surface area contributed by atoms with E-state index < -0.39 is 5.82 Å². The Bertz CT molecular complexity index is 520. The molecule has 0 spiro atoms. The first kappa shape index (κ1) is 14.5. The quantitative estimate of drug-likeness (QED) is 0.914. The molecular formula is C16H22FN3O. The maximum atomic E-state index is 13.8. The lowest BCUT2D eigenvalue weighted by atomic mass is 9.92. The molecular weight excluding hydrogens is 269 g/mol. The van der Waals surface area contributed by atoms with Crippen molar-refractivity contribution in [1.29, 1.82) is 0 Å². The summed E-state index contributed by atoms with van der Waals surface area (Å²) in [6, 6.07) is 6.62. The van der Waals surface area contributed by atoms with Crippen LogP contribution in [0.2, 0.25) is 0 Å². The fraction of sp³-hybridized carbons (Fsp3) is 0.562. The molecule has 2 saturated heterocycles. The van der Waals surface area contributed by atoms with Crippen LogP contribution in [0.5, 0.6) is 0 Å². The van der Waals surface area contributed by atoms with Gasteiger partial charge in [-0.2, -0.15) is 0 Å². The minimum absolute atomic E-state index is 0.182. The van der Waals surface area contributed by atoms with Crippen LogP contribution < -0.4 is 5.73 Å². The molecule has 0 bridgehead atoms. The van der Waals surface area contributed by atoms with Crippen molar-refractivity contribution in [2.45, 2.75) is 18.9 Å². The van der Waals surface area contributed by atoms with E-state index >= 15 is 0 Å². The van der Waals surface area contributed by atoms with Gasteiger partial charge in [-0.25, -0.2) is 4.39 Å².